The number of fused-ring (bicyclic) bond motifs is 1. The van der Waals surface area contributed by atoms with Gasteiger partial charge in [0.25, 0.3) is 0 Å². The summed E-state index contributed by atoms with van der Waals surface area (Å²) in [5, 5.41) is 0. The van der Waals surface area contributed by atoms with Crippen molar-refractivity contribution in [2.45, 2.75) is 31.6 Å². The number of hydrogen-bond acceptors (Lipinski definition) is 3. The van der Waals surface area contributed by atoms with Crippen molar-refractivity contribution in [3.8, 4) is 5.75 Å². The first-order valence-corrected chi connectivity index (χ1v) is 5.90. The summed E-state index contributed by atoms with van der Waals surface area (Å²) in [4.78, 5) is 11.4. The quantitative estimate of drug-likeness (QED) is 0.754. The minimum atomic E-state index is -0.141. The lowest BCUT2D eigenvalue weighted by Gasteiger charge is -2.11. The third-order valence-electron chi connectivity index (χ3n) is 3.54. The van der Waals surface area contributed by atoms with Crippen LogP contribution in [0.2, 0.25) is 0 Å². The monoisotopic (exact) mass is 234 g/mol. The number of esters is 1. The van der Waals surface area contributed by atoms with Gasteiger partial charge in [-0.15, -0.1) is 0 Å². The Morgan fingerprint density at radius 2 is 2.12 bits per heavy atom. The number of methoxy groups -OCH3 is 2. The van der Waals surface area contributed by atoms with E-state index in [1.165, 1.54) is 18.2 Å². The molecule has 0 bridgehead atoms. The number of benzene rings is 1. The maximum atomic E-state index is 11.4. The molecule has 2 unspecified atom stereocenters. The largest absolute Gasteiger partial charge is 0.497 e. The summed E-state index contributed by atoms with van der Waals surface area (Å²) in [5.74, 6) is 1.48. The summed E-state index contributed by atoms with van der Waals surface area (Å²) >= 11 is 0. The second-order valence-corrected chi connectivity index (χ2v) is 4.61. The predicted octanol–water partition coefficient (Wildman–Crippen LogP) is 2.85. The van der Waals surface area contributed by atoms with Gasteiger partial charge in [-0.2, -0.15) is 0 Å². The Hall–Kier alpha value is -1.51. The van der Waals surface area contributed by atoms with Gasteiger partial charge in [0.2, 0.25) is 0 Å². The Morgan fingerprint density at radius 1 is 1.35 bits per heavy atom. The third-order valence-corrected chi connectivity index (χ3v) is 3.54. The minimum absolute atomic E-state index is 0.141. The molecule has 0 radical (unpaired) electrons. The van der Waals surface area contributed by atoms with Gasteiger partial charge in [-0.1, -0.05) is 13.0 Å². The molecule has 1 aromatic rings. The summed E-state index contributed by atoms with van der Waals surface area (Å²) < 4.78 is 9.99. The average molecular weight is 234 g/mol. The highest BCUT2D eigenvalue weighted by molar-refractivity contribution is 5.71. The average Bonchev–Trinajstić information content (AvgIpc) is 2.65. The summed E-state index contributed by atoms with van der Waals surface area (Å²) in [7, 11) is 3.10. The van der Waals surface area contributed by atoms with Gasteiger partial charge in [0.15, 0.2) is 0 Å². The van der Waals surface area contributed by atoms with Gasteiger partial charge < -0.3 is 9.47 Å². The SMILES string of the molecule is COC(=O)CC1CC(C)c2ccc(OC)cc21. The van der Waals surface area contributed by atoms with E-state index >= 15 is 0 Å². The molecule has 0 N–H and O–H groups in total. The van der Waals surface area contributed by atoms with Gasteiger partial charge in [0, 0.05) is 0 Å². The van der Waals surface area contributed by atoms with Crippen LogP contribution in [0.25, 0.3) is 0 Å². The molecule has 1 aromatic carbocycles. The van der Waals surface area contributed by atoms with Crippen LogP contribution in [0, 0.1) is 0 Å². The van der Waals surface area contributed by atoms with Crippen molar-refractivity contribution in [3.63, 3.8) is 0 Å². The van der Waals surface area contributed by atoms with Crippen LogP contribution < -0.4 is 4.74 Å². The maximum absolute atomic E-state index is 11.4. The molecule has 0 heterocycles. The number of hydrogen-bond donors (Lipinski definition) is 0. The molecule has 0 fully saturated rings. The zero-order chi connectivity index (χ0) is 12.4. The molecular weight excluding hydrogens is 216 g/mol. The molecule has 0 amide bonds. The summed E-state index contributed by atoms with van der Waals surface area (Å²) in [5.41, 5.74) is 2.57. The van der Waals surface area contributed by atoms with Gasteiger partial charge in [-0.25, -0.2) is 0 Å². The lowest BCUT2D eigenvalue weighted by atomic mass is 9.97. The van der Waals surface area contributed by atoms with Gasteiger partial charge >= 0.3 is 5.97 Å². The summed E-state index contributed by atoms with van der Waals surface area (Å²) in [6.45, 7) is 2.20. The fourth-order valence-electron chi connectivity index (χ4n) is 2.64. The molecule has 1 aliphatic carbocycles. The molecular formula is C14H18O3. The number of rotatable bonds is 3. The Morgan fingerprint density at radius 3 is 2.76 bits per heavy atom. The van der Waals surface area contributed by atoms with Crippen molar-refractivity contribution in [1.29, 1.82) is 0 Å². The van der Waals surface area contributed by atoms with Crippen molar-refractivity contribution in [2.75, 3.05) is 14.2 Å². The van der Waals surface area contributed by atoms with Gasteiger partial charge in [-0.05, 0) is 41.5 Å². The molecule has 0 saturated heterocycles. The van der Waals surface area contributed by atoms with Crippen molar-refractivity contribution < 1.29 is 14.3 Å². The summed E-state index contributed by atoms with van der Waals surface area (Å²) in [6, 6.07) is 6.14. The van der Waals surface area contributed by atoms with Crippen LogP contribution in [0.15, 0.2) is 18.2 Å². The molecule has 3 nitrogen and oxygen atoms in total. The van der Waals surface area contributed by atoms with Crippen LogP contribution in [-0.2, 0) is 9.53 Å². The van der Waals surface area contributed by atoms with E-state index < -0.39 is 0 Å². The van der Waals surface area contributed by atoms with E-state index in [-0.39, 0.29) is 11.9 Å². The first kappa shape index (κ1) is 12.0. The van der Waals surface area contributed by atoms with Gasteiger partial charge in [-0.3, -0.25) is 4.79 Å². The highest BCUT2D eigenvalue weighted by Gasteiger charge is 2.30. The predicted molar refractivity (Wildman–Crippen MR) is 65.4 cm³/mol. The number of ether oxygens (including phenoxy) is 2. The second-order valence-electron chi connectivity index (χ2n) is 4.61. The lowest BCUT2D eigenvalue weighted by molar-refractivity contribution is -0.141. The van der Waals surface area contributed by atoms with E-state index in [2.05, 4.69) is 13.0 Å². The van der Waals surface area contributed by atoms with Crippen LogP contribution in [0.5, 0.6) is 5.75 Å². The molecule has 0 aromatic heterocycles. The molecule has 3 heteroatoms. The van der Waals surface area contributed by atoms with Gasteiger partial charge in [0.1, 0.15) is 5.75 Å². The van der Waals surface area contributed by atoms with Crippen molar-refractivity contribution in [2.24, 2.45) is 0 Å². The maximum Gasteiger partial charge on any atom is 0.306 e. The normalized spacial score (nSPS) is 22.1. The van der Waals surface area contributed by atoms with Gasteiger partial charge in [0.05, 0.1) is 20.6 Å². The molecule has 17 heavy (non-hydrogen) atoms. The molecule has 1 aliphatic rings. The Bertz CT molecular complexity index is 425. The van der Waals surface area contributed by atoms with Crippen LogP contribution in [0.4, 0.5) is 0 Å². The first-order valence-electron chi connectivity index (χ1n) is 5.90. The van der Waals surface area contributed by atoms with E-state index in [1.54, 1.807) is 7.11 Å². The van der Waals surface area contributed by atoms with E-state index in [9.17, 15) is 4.79 Å². The zero-order valence-corrected chi connectivity index (χ0v) is 10.5. The highest BCUT2D eigenvalue weighted by atomic mass is 16.5. The molecule has 0 saturated carbocycles. The molecule has 0 aliphatic heterocycles. The molecule has 2 atom stereocenters. The van der Waals surface area contributed by atoms with E-state index in [0.717, 1.165) is 12.2 Å². The lowest BCUT2D eigenvalue weighted by Crippen LogP contribution is -2.06. The van der Waals surface area contributed by atoms with E-state index in [0.29, 0.717) is 12.3 Å². The fraction of sp³-hybridized carbons (Fsp3) is 0.500. The van der Waals surface area contributed by atoms with E-state index in [4.69, 9.17) is 9.47 Å². The summed E-state index contributed by atoms with van der Waals surface area (Å²) in [6.07, 6.45) is 1.47. The number of carbonyl (C=O) groups is 1. The Labute approximate surface area is 102 Å². The zero-order valence-electron chi connectivity index (χ0n) is 10.5. The van der Waals surface area contributed by atoms with Crippen molar-refractivity contribution in [3.05, 3.63) is 29.3 Å². The Kier molecular flexibility index (Phi) is 3.36. The van der Waals surface area contributed by atoms with Crippen molar-refractivity contribution >= 4 is 5.97 Å². The number of carbonyl (C=O) groups excluding carboxylic acids is 1. The molecule has 0 spiro atoms. The van der Waals surface area contributed by atoms with Crippen LogP contribution in [0.1, 0.15) is 42.7 Å². The smallest absolute Gasteiger partial charge is 0.306 e. The standard InChI is InChI=1S/C14H18O3/c1-9-6-10(7-14(15)17-3)13-8-11(16-2)4-5-12(9)13/h4-5,8-10H,6-7H2,1-3H3. The fourth-order valence-corrected chi connectivity index (χ4v) is 2.64. The first-order chi connectivity index (χ1) is 8.15. The Balaban J connectivity index is 2.27. The second kappa shape index (κ2) is 4.78. The highest BCUT2D eigenvalue weighted by Crippen LogP contribution is 2.44. The molecule has 2 rings (SSSR count). The minimum Gasteiger partial charge on any atom is -0.497 e. The topological polar surface area (TPSA) is 35.5 Å². The third kappa shape index (κ3) is 2.28. The van der Waals surface area contributed by atoms with Crippen molar-refractivity contribution in [1.82, 2.24) is 0 Å². The molecule has 92 valence electrons. The van der Waals surface area contributed by atoms with E-state index in [1.807, 2.05) is 12.1 Å². The van der Waals surface area contributed by atoms with Crippen LogP contribution >= 0.6 is 0 Å². The van der Waals surface area contributed by atoms with Crippen LogP contribution in [0.3, 0.4) is 0 Å². The van der Waals surface area contributed by atoms with Crippen LogP contribution in [-0.4, -0.2) is 20.2 Å².